The Morgan fingerprint density at radius 3 is 2.80 bits per heavy atom. The number of hydrogen-bond acceptors (Lipinski definition) is 1. The number of rotatable bonds is 0. The topological polar surface area (TPSA) is 20.2 Å². The molecule has 1 N–H and O–H groups in total. The van der Waals surface area contributed by atoms with Gasteiger partial charge in [0.1, 0.15) is 0 Å². The van der Waals surface area contributed by atoms with Crippen molar-refractivity contribution in [2.24, 2.45) is 23.7 Å². The molecule has 0 amide bonds. The monoisotopic (exact) mass is 208 g/mol. The summed E-state index contributed by atoms with van der Waals surface area (Å²) in [6.07, 6.45) is 10.4. The van der Waals surface area contributed by atoms with Gasteiger partial charge in [-0.15, -0.1) is 0 Å². The second-order valence-electron chi connectivity index (χ2n) is 6.33. The summed E-state index contributed by atoms with van der Waals surface area (Å²) < 4.78 is 0. The summed E-state index contributed by atoms with van der Waals surface area (Å²) in [4.78, 5) is 0. The minimum Gasteiger partial charge on any atom is -0.389 e. The van der Waals surface area contributed by atoms with Crippen molar-refractivity contribution >= 4 is 0 Å². The van der Waals surface area contributed by atoms with Crippen molar-refractivity contribution in [3.05, 3.63) is 0 Å². The predicted molar refractivity (Wildman–Crippen MR) is 61.5 cm³/mol. The van der Waals surface area contributed by atoms with E-state index in [0.717, 1.165) is 18.3 Å². The first-order valence-electron chi connectivity index (χ1n) is 6.94. The van der Waals surface area contributed by atoms with Gasteiger partial charge in [-0.25, -0.2) is 0 Å². The fourth-order valence-corrected chi connectivity index (χ4v) is 4.92. The second-order valence-corrected chi connectivity index (χ2v) is 6.33. The minimum absolute atomic E-state index is 0.255. The number of hydrogen-bond donors (Lipinski definition) is 1. The molecule has 0 aliphatic heterocycles. The van der Waals surface area contributed by atoms with Crippen molar-refractivity contribution in [2.45, 2.75) is 63.9 Å². The van der Waals surface area contributed by atoms with E-state index in [-0.39, 0.29) is 5.60 Å². The number of fused-ring (bicyclic) bond motifs is 4. The maximum atomic E-state index is 11.0. The van der Waals surface area contributed by atoms with Gasteiger partial charge in [0.2, 0.25) is 0 Å². The molecule has 0 radical (unpaired) electrons. The Bertz CT molecular complexity index is 250. The van der Waals surface area contributed by atoms with Crippen LogP contribution in [-0.2, 0) is 0 Å². The van der Waals surface area contributed by atoms with Crippen LogP contribution in [0.1, 0.15) is 58.3 Å². The van der Waals surface area contributed by atoms with Crippen LogP contribution in [0, 0.1) is 23.7 Å². The lowest BCUT2D eigenvalue weighted by molar-refractivity contribution is -0.166. The van der Waals surface area contributed by atoms with E-state index in [1.165, 1.54) is 44.9 Å². The quantitative estimate of drug-likeness (QED) is 0.647. The van der Waals surface area contributed by atoms with E-state index >= 15 is 0 Å². The molecular weight excluding hydrogens is 184 g/mol. The van der Waals surface area contributed by atoms with E-state index in [1.54, 1.807) is 0 Å². The molecule has 3 aliphatic rings. The molecule has 0 heterocycles. The van der Waals surface area contributed by atoms with Gasteiger partial charge >= 0.3 is 0 Å². The van der Waals surface area contributed by atoms with Crippen LogP contribution in [-0.4, -0.2) is 10.7 Å². The highest BCUT2D eigenvalue weighted by atomic mass is 16.3. The third-order valence-electron chi connectivity index (χ3n) is 5.78. The Kier molecular flexibility index (Phi) is 2.35. The molecule has 0 aromatic carbocycles. The van der Waals surface area contributed by atoms with Crippen molar-refractivity contribution in [3.63, 3.8) is 0 Å². The average molecular weight is 208 g/mol. The van der Waals surface area contributed by atoms with E-state index in [4.69, 9.17) is 0 Å². The van der Waals surface area contributed by atoms with Crippen LogP contribution in [0.4, 0.5) is 0 Å². The third kappa shape index (κ3) is 1.39. The Labute approximate surface area is 93.3 Å². The van der Waals surface area contributed by atoms with Crippen molar-refractivity contribution in [1.82, 2.24) is 0 Å². The Morgan fingerprint density at radius 1 is 1.07 bits per heavy atom. The molecular formula is C14H24O. The molecule has 3 rings (SSSR count). The molecule has 0 aromatic heterocycles. The SMILES string of the molecule is C[C@@H]1[C@H]2CCC[C@@H](C2)[C@]2(O)CCCC[C@@H]12. The molecule has 0 saturated heterocycles. The molecule has 0 aromatic rings. The lowest BCUT2D eigenvalue weighted by atomic mass is 9.52. The lowest BCUT2D eigenvalue weighted by Gasteiger charge is -2.56. The highest BCUT2D eigenvalue weighted by Crippen LogP contribution is 2.56. The molecule has 15 heavy (non-hydrogen) atoms. The smallest absolute Gasteiger partial charge is 0.0706 e. The molecule has 0 spiro atoms. The zero-order valence-corrected chi connectivity index (χ0v) is 9.91. The van der Waals surface area contributed by atoms with Gasteiger partial charge in [0.25, 0.3) is 0 Å². The van der Waals surface area contributed by atoms with Gasteiger partial charge in [0.15, 0.2) is 0 Å². The lowest BCUT2D eigenvalue weighted by Crippen LogP contribution is -2.56. The Morgan fingerprint density at radius 2 is 1.93 bits per heavy atom. The summed E-state index contributed by atoms with van der Waals surface area (Å²) in [5, 5.41) is 11.0. The normalized spacial score (nSPS) is 54.8. The summed E-state index contributed by atoms with van der Waals surface area (Å²) in [7, 11) is 0. The zero-order valence-electron chi connectivity index (χ0n) is 9.91. The zero-order chi connectivity index (χ0) is 10.5. The van der Waals surface area contributed by atoms with Gasteiger partial charge in [-0.3, -0.25) is 0 Å². The summed E-state index contributed by atoms with van der Waals surface area (Å²) >= 11 is 0. The first-order valence-corrected chi connectivity index (χ1v) is 6.94. The fraction of sp³-hybridized carbons (Fsp3) is 1.00. The Hall–Kier alpha value is -0.0400. The van der Waals surface area contributed by atoms with Crippen LogP contribution in [0.15, 0.2) is 0 Å². The van der Waals surface area contributed by atoms with E-state index in [1.807, 2.05) is 0 Å². The molecule has 0 unspecified atom stereocenters. The summed E-state index contributed by atoms with van der Waals surface area (Å²) in [5.74, 6) is 3.01. The van der Waals surface area contributed by atoms with Crippen LogP contribution in [0.2, 0.25) is 0 Å². The first-order chi connectivity index (χ1) is 7.22. The summed E-state index contributed by atoms with van der Waals surface area (Å²) in [5.41, 5.74) is -0.255. The second kappa shape index (κ2) is 3.48. The predicted octanol–water partition coefficient (Wildman–Crippen LogP) is 3.36. The van der Waals surface area contributed by atoms with Crippen molar-refractivity contribution in [3.8, 4) is 0 Å². The maximum absolute atomic E-state index is 11.0. The summed E-state index contributed by atoms with van der Waals surface area (Å²) in [6.45, 7) is 2.41. The molecule has 3 fully saturated rings. The van der Waals surface area contributed by atoms with E-state index in [9.17, 15) is 5.11 Å². The maximum Gasteiger partial charge on any atom is 0.0706 e. The van der Waals surface area contributed by atoms with Crippen molar-refractivity contribution in [2.75, 3.05) is 0 Å². The molecule has 5 atom stereocenters. The van der Waals surface area contributed by atoms with Crippen LogP contribution in [0.3, 0.4) is 0 Å². The standard InChI is InChI=1S/C14H24O/c1-10-11-5-4-6-12(9-11)14(15)8-3-2-7-13(10)14/h10-13,15H,2-9H2,1H3/t10-,11+,12+,13+,14-/m1/s1. The van der Waals surface area contributed by atoms with Gasteiger partial charge in [0, 0.05) is 0 Å². The van der Waals surface area contributed by atoms with Crippen LogP contribution in [0.5, 0.6) is 0 Å². The molecule has 1 heteroatoms. The van der Waals surface area contributed by atoms with Crippen LogP contribution < -0.4 is 0 Å². The fourth-order valence-electron chi connectivity index (χ4n) is 4.92. The van der Waals surface area contributed by atoms with Crippen LogP contribution >= 0.6 is 0 Å². The van der Waals surface area contributed by atoms with Crippen molar-refractivity contribution in [1.29, 1.82) is 0 Å². The number of aliphatic hydroxyl groups is 1. The molecule has 1 nitrogen and oxygen atoms in total. The van der Waals surface area contributed by atoms with E-state index in [0.29, 0.717) is 11.8 Å². The van der Waals surface area contributed by atoms with Crippen molar-refractivity contribution < 1.29 is 5.11 Å². The van der Waals surface area contributed by atoms with Gasteiger partial charge in [-0.05, 0) is 49.4 Å². The van der Waals surface area contributed by atoms with E-state index in [2.05, 4.69) is 6.92 Å². The van der Waals surface area contributed by atoms with Crippen LogP contribution in [0.25, 0.3) is 0 Å². The molecule has 86 valence electrons. The van der Waals surface area contributed by atoms with E-state index < -0.39 is 0 Å². The largest absolute Gasteiger partial charge is 0.389 e. The van der Waals surface area contributed by atoms with Gasteiger partial charge in [-0.2, -0.15) is 0 Å². The first kappa shape index (κ1) is 10.1. The van der Waals surface area contributed by atoms with Gasteiger partial charge in [-0.1, -0.05) is 32.6 Å². The highest BCUT2D eigenvalue weighted by Gasteiger charge is 2.53. The highest BCUT2D eigenvalue weighted by molar-refractivity contribution is 5.04. The molecule has 2 bridgehead atoms. The average Bonchev–Trinajstić information content (AvgIpc) is 2.28. The summed E-state index contributed by atoms with van der Waals surface area (Å²) in [6, 6.07) is 0. The molecule has 3 aliphatic carbocycles. The Balaban J connectivity index is 1.91. The molecule has 3 saturated carbocycles. The van der Waals surface area contributed by atoms with Gasteiger partial charge in [0.05, 0.1) is 5.60 Å². The minimum atomic E-state index is -0.255. The van der Waals surface area contributed by atoms with Gasteiger partial charge < -0.3 is 5.11 Å². The third-order valence-corrected chi connectivity index (χ3v) is 5.78.